The van der Waals surface area contributed by atoms with E-state index in [0.717, 1.165) is 35.8 Å². The fourth-order valence-electron chi connectivity index (χ4n) is 4.17. The average Bonchev–Trinajstić information content (AvgIpc) is 3.35. The van der Waals surface area contributed by atoms with Gasteiger partial charge in [-0.3, -0.25) is 14.0 Å². The van der Waals surface area contributed by atoms with Gasteiger partial charge in [0.25, 0.3) is 0 Å². The number of benzene rings is 3. The van der Waals surface area contributed by atoms with Crippen molar-refractivity contribution in [3.05, 3.63) is 90.0 Å². The minimum absolute atomic E-state index is 0.307. The van der Waals surface area contributed by atoms with Crippen LogP contribution in [0.25, 0.3) is 0 Å². The van der Waals surface area contributed by atoms with Crippen molar-refractivity contribution in [2.75, 3.05) is 30.2 Å². The van der Waals surface area contributed by atoms with E-state index in [2.05, 4.69) is 22.3 Å². The van der Waals surface area contributed by atoms with Crippen molar-refractivity contribution in [2.24, 2.45) is 0 Å². The van der Waals surface area contributed by atoms with Crippen molar-refractivity contribution in [3.8, 4) is 11.5 Å². The Morgan fingerprint density at radius 3 is 2.37 bits per heavy atom. The Hall–Kier alpha value is -3.36. The maximum absolute atomic E-state index is 12.8. The van der Waals surface area contributed by atoms with Crippen LogP contribution in [-0.2, 0) is 27.9 Å². The molecule has 1 N–H and O–H groups in total. The average molecular weight is 494 g/mol. The molecule has 0 saturated carbocycles. The van der Waals surface area contributed by atoms with Crippen molar-refractivity contribution in [3.63, 3.8) is 0 Å². The van der Waals surface area contributed by atoms with Gasteiger partial charge in [0.1, 0.15) is 12.3 Å². The maximum Gasteiger partial charge on any atom is 0.241 e. The van der Waals surface area contributed by atoms with Crippen molar-refractivity contribution in [1.29, 1.82) is 0 Å². The van der Waals surface area contributed by atoms with E-state index < -0.39 is 15.9 Å². The Kier molecular flexibility index (Phi) is 8.05. The molecule has 0 bridgehead atoms. The van der Waals surface area contributed by atoms with Crippen LogP contribution < -0.4 is 14.4 Å². The standard InChI is InChI=1S/C27H31N3O4S/c1-35(32,33)30(25-14-5-6-15-26(25)34-24-12-3-2-4-13-24)21-27(31)28-19-22-10-9-11-23(18-22)20-29-16-7-8-17-29/h2-6,9-15,18H,7-8,16-17,19-21H2,1H3,(H,28,31). The smallest absolute Gasteiger partial charge is 0.241 e. The van der Waals surface area contributed by atoms with E-state index in [4.69, 9.17) is 4.74 Å². The number of para-hydroxylation sites is 3. The lowest BCUT2D eigenvalue weighted by atomic mass is 10.1. The first-order valence-corrected chi connectivity index (χ1v) is 13.6. The van der Waals surface area contributed by atoms with E-state index in [1.807, 2.05) is 30.3 Å². The van der Waals surface area contributed by atoms with Crippen LogP contribution in [0.2, 0.25) is 0 Å². The third kappa shape index (κ3) is 7.07. The van der Waals surface area contributed by atoms with Gasteiger partial charge in [-0.2, -0.15) is 0 Å². The molecule has 0 aliphatic carbocycles. The van der Waals surface area contributed by atoms with Gasteiger partial charge in [0.2, 0.25) is 15.9 Å². The summed E-state index contributed by atoms with van der Waals surface area (Å²) in [5, 5.41) is 2.86. The Bertz CT molecular complexity index is 1240. The fourth-order valence-corrected chi connectivity index (χ4v) is 5.03. The number of hydrogen-bond acceptors (Lipinski definition) is 5. The molecule has 1 saturated heterocycles. The number of rotatable bonds is 10. The predicted octanol–water partition coefficient (Wildman–Crippen LogP) is 4.16. The van der Waals surface area contributed by atoms with E-state index in [1.54, 1.807) is 36.4 Å². The number of nitrogens with one attached hydrogen (secondary N) is 1. The molecular formula is C27H31N3O4S. The molecule has 1 amide bonds. The number of anilines is 1. The molecule has 0 radical (unpaired) electrons. The van der Waals surface area contributed by atoms with E-state index in [0.29, 0.717) is 23.7 Å². The van der Waals surface area contributed by atoms with Gasteiger partial charge in [-0.05, 0) is 61.3 Å². The number of hydrogen-bond donors (Lipinski definition) is 1. The lowest BCUT2D eigenvalue weighted by Crippen LogP contribution is -2.40. The summed E-state index contributed by atoms with van der Waals surface area (Å²) in [7, 11) is -3.74. The van der Waals surface area contributed by atoms with Crippen molar-refractivity contribution < 1.29 is 17.9 Å². The zero-order valence-electron chi connectivity index (χ0n) is 19.9. The molecule has 4 rings (SSSR count). The molecule has 1 fully saturated rings. The molecule has 3 aromatic rings. The first-order valence-electron chi connectivity index (χ1n) is 11.7. The lowest BCUT2D eigenvalue weighted by molar-refractivity contribution is -0.119. The van der Waals surface area contributed by atoms with Crippen LogP contribution >= 0.6 is 0 Å². The third-order valence-corrected chi connectivity index (χ3v) is 7.00. The quantitative estimate of drug-likeness (QED) is 0.459. The van der Waals surface area contributed by atoms with Gasteiger partial charge in [-0.1, -0.05) is 54.6 Å². The molecular weight excluding hydrogens is 462 g/mol. The minimum Gasteiger partial charge on any atom is -0.455 e. The molecule has 0 atom stereocenters. The highest BCUT2D eigenvalue weighted by Crippen LogP contribution is 2.33. The van der Waals surface area contributed by atoms with E-state index in [9.17, 15) is 13.2 Å². The second-order valence-electron chi connectivity index (χ2n) is 8.73. The zero-order valence-corrected chi connectivity index (χ0v) is 20.7. The van der Waals surface area contributed by atoms with Gasteiger partial charge < -0.3 is 10.1 Å². The van der Waals surface area contributed by atoms with Gasteiger partial charge in [-0.15, -0.1) is 0 Å². The van der Waals surface area contributed by atoms with Crippen LogP contribution in [0.4, 0.5) is 5.69 Å². The summed E-state index contributed by atoms with van der Waals surface area (Å²) in [6, 6.07) is 24.0. The van der Waals surface area contributed by atoms with Crippen LogP contribution in [0.5, 0.6) is 11.5 Å². The van der Waals surface area contributed by atoms with Gasteiger partial charge in [0, 0.05) is 13.1 Å². The number of likely N-dealkylation sites (tertiary alicyclic amines) is 1. The molecule has 1 aliphatic heterocycles. The summed E-state index contributed by atoms with van der Waals surface area (Å²) in [5.41, 5.74) is 2.50. The molecule has 3 aromatic carbocycles. The lowest BCUT2D eigenvalue weighted by Gasteiger charge is -2.24. The SMILES string of the molecule is CS(=O)(=O)N(CC(=O)NCc1cccc(CN2CCCC2)c1)c1ccccc1Oc1ccccc1. The summed E-state index contributed by atoms with van der Waals surface area (Å²) in [6.07, 6.45) is 3.57. The summed E-state index contributed by atoms with van der Waals surface area (Å²) >= 11 is 0. The van der Waals surface area contributed by atoms with Gasteiger partial charge in [0.15, 0.2) is 5.75 Å². The zero-order chi connectivity index (χ0) is 24.7. The summed E-state index contributed by atoms with van der Waals surface area (Å²) in [4.78, 5) is 15.2. The fraction of sp³-hybridized carbons (Fsp3) is 0.296. The normalized spacial score (nSPS) is 14.0. The largest absolute Gasteiger partial charge is 0.455 e. The molecule has 8 heteroatoms. The molecule has 35 heavy (non-hydrogen) atoms. The molecule has 0 unspecified atom stereocenters. The van der Waals surface area contributed by atoms with Crippen LogP contribution in [-0.4, -0.2) is 45.1 Å². The summed E-state index contributed by atoms with van der Waals surface area (Å²) in [5.74, 6) is 0.535. The van der Waals surface area contributed by atoms with Crippen molar-refractivity contribution in [2.45, 2.75) is 25.9 Å². The van der Waals surface area contributed by atoms with Crippen molar-refractivity contribution in [1.82, 2.24) is 10.2 Å². The molecule has 7 nitrogen and oxygen atoms in total. The molecule has 0 aromatic heterocycles. The van der Waals surface area contributed by atoms with E-state index in [1.165, 1.54) is 18.4 Å². The Balaban J connectivity index is 1.43. The van der Waals surface area contributed by atoms with Crippen LogP contribution in [0.1, 0.15) is 24.0 Å². The highest BCUT2D eigenvalue weighted by atomic mass is 32.2. The maximum atomic E-state index is 12.8. The topological polar surface area (TPSA) is 79.0 Å². The number of carbonyl (C=O) groups is 1. The highest BCUT2D eigenvalue weighted by Gasteiger charge is 2.24. The summed E-state index contributed by atoms with van der Waals surface area (Å²) < 4.78 is 32.3. The number of amides is 1. The summed E-state index contributed by atoms with van der Waals surface area (Å²) in [6.45, 7) is 3.13. The minimum atomic E-state index is -3.74. The Labute approximate surface area is 207 Å². The van der Waals surface area contributed by atoms with Crippen molar-refractivity contribution >= 4 is 21.6 Å². The number of sulfonamides is 1. The third-order valence-electron chi connectivity index (χ3n) is 5.88. The van der Waals surface area contributed by atoms with Gasteiger partial charge in [0.05, 0.1) is 11.9 Å². The Morgan fingerprint density at radius 1 is 0.943 bits per heavy atom. The molecule has 0 spiro atoms. The number of ether oxygens (including phenoxy) is 1. The highest BCUT2D eigenvalue weighted by molar-refractivity contribution is 7.92. The van der Waals surface area contributed by atoms with E-state index in [-0.39, 0.29) is 6.54 Å². The first-order chi connectivity index (χ1) is 16.9. The molecule has 1 heterocycles. The number of carbonyl (C=O) groups excluding carboxylic acids is 1. The van der Waals surface area contributed by atoms with Gasteiger partial charge >= 0.3 is 0 Å². The monoisotopic (exact) mass is 493 g/mol. The van der Waals surface area contributed by atoms with Crippen LogP contribution in [0.15, 0.2) is 78.9 Å². The molecule has 1 aliphatic rings. The predicted molar refractivity (Wildman–Crippen MR) is 138 cm³/mol. The Morgan fingerprint density at radius 2 is 1.63 bits per heavy atom. The van der Waals surface area contributed by atoms with E-state index >= 15 is 0 Å². The first kappa shape index (κ1) is 24.8. The van der Waals surface area contributed by atoms with Crippen LogP contribution in [0.3, 0.4) is 0 Å². The second kappa shape index (κ2) is 11.4. The second-order valence-corrected chi connectivity index (χ2v) is 10.6. The molecule has 184 valence electrons. The van der Waals surface area contributed by atoms with Gasteiger partial charge in [-0.25, -0.2) is 8.42 Å². The van der Waals surface area contributed by atoms with Crippen LogP contribution in [0, 0.1) is 0 Å². The number of nitrogens with zero attached hydrogens (tertiary/aromatic N) is 2.